The van der Waals surface area contributed by atoms with Crippen molar-refractivity contribution in [3.8, 4) is 11.4 Å². The Morgan fingerprint density at radius 2 is 1.76 bits per heavy atom. The van der Waals surface area contributed by atoms with E-state index in [1.807, 2.05) is 19.9 Å². The molecular weight excluding hydrogens is 265 g/mol. The van der Waals surface area contributed by atoms with Crippen molar-refractivity contribution >= 4 is 0 Å². The fraction of sp³-hybridized carbons (Fsp3) is 0.412. The molecule has 0 saturated heterocycles. The van der Waals surface area contributed by atoms with Gasteiger partial charge in [-0.2, -0.15) is 0 Å². The molecule has 112 valence electrons. The van der Waals surface area contributed by atoms with Crippen LogP contribution in [0.2, 0.25) is 0 Å². The van der Waals surface area contributed by atoms with Crippen LogP contribution in [0.5, 0.6) is 0 Å². The van der Waals surface area contributed by atoms with Crippen LogP contribution in [0.15, 0.2) is 18.2 Å². The van der Waals surface area contributed by atoms with E-state index in [0.717, 1.165) is 23.4 Å². The monoisotopic (exact) mass is 287 g/mol. The molecule has 1 atom stereocenters. The molecule has 1 heterocycles. The average molecular weight is 287 g/mol. The molecule has 0 amide bonds. The van der Waals surface area contributed by atoms with E-state index in [1.165, 1.54) is 6.07 Å². The number of aromatic nitrogens is 2. The Morgan fingerprint density at radius 1 is 1.14 bits per heavy atom. The second-order valence-corrected chi connectivity index (χ2v) is 5.71. The Balaban J connectivity index is 2.41. The highest BCUT2D eigenvalue weighted by molar-refractivity contribution is 5.56. The summed E-state index contributed by atoms with van der Waals surface area (Å²) in [5, 5.41) is 0. The summed E-state index contributed by atoms with van der Waals surface area (Å²) in [6, 6.07) is 5.10. The molecule has 0 radical (unpaired) electrons. The predicted octanol–water partition coefficient (Wildman–Crippen LogP) is 3.35. The van der Waals surface area contributed by atoms with Crippen molar-refractivity contribution in [2.75, 3.05) is 6.54 Å². The summed E-state index contributed by atoms with van der Waals surface area (Å²) in [6.07, 6.45) is 0.872. The highest BCUT2D eigenvalue weighted by Crippen LogP contribution is 2.22. The van der Waals surface area contributed by atoms with Crippen molar-refractivity contribution in [1.29, 1.82) is 0 Å². The van der Waals surface area contributed by atoms with E-state index in [-0.39, 0.29) is 5.82 Å². The lowest BCUT2D eigenvalue weighted by molar-refractivity contribution is 0.586. The summed E-state index contributed by atoms with van der Waals surface area (Å²) < 4.78 is 13.7. The zero-order chi connectivity index (χ0) is 15.6. The van der Waals surface area contributed by atoms with Gasteiger partial charge in [-0.3, -0.25) is 0 Å². The lowest BCUT2D eigenvalue weighted by atomic mass is 9.98. The van der Waals surface area contributed by atoms with Crippen LogP contribution in [0.1, 0.15) is 29.4 Å². The maximum atomic E-state index is 13.7. The first-order valence-corrected chi connectivity index (χ1v) is 7.23. The fourth-order valence-corrected chi connectivity index (χ4v) is 2.33. The molecule has 3 nitrogen and oxygen atoms in total. The van der Waals surface area contributed by atoms with Crippen LogP contribution in [0.4, 0.5) is 4.39 Å². The second-order valence-electron chi connectivity index (χ2n) is 5.71. The van der Waals surface area contributed by atoms with Crippen molar-refractivity contribution in [2.24, 2.45) is 11.7 Å². The maximum Gasteiger partial charge on any atom is 0.159 e. The zero-order valence-electron chi connectivity index (χ0n) is 13.1. The fourth-order valence-electron chi connectivity index (χ4n) is 2.33. The summed E-state index contributed by atoms with van der Waals surface area (Å²) in [6.45, 7) is 8.45. The van der Waals surface area contributed by atoms with Crippen LogP contribution in [0, 0.1) is 32.5 Å². The molecule has 21 heavy (non-hydrogen) atoms. The van der Waals surface area contributed by atoms with Crippen LogP contribution in [-0.4, -0.2) is 16.5 Å². The Kier molecular flexibility index (Phi) is 4.68. The maximum absolute atomic E-state index is 13.7. The van der Waals surface area contributed by atoms with Crippen molar-refractivity contribution in [1.82, 2.24) is 9.97 Å². The first kappa shape index (κ1) is 15.6. The number of nitrogens with two attached hydrogens (primary N) is 1. The third-order valence-corrected chi connectivity index (χ3v) is 3.81. The van der Waals surface area contributed by atoms with Gasteiger partial charge in [-0.1, -0.05) is 19.1 Å². The SMILES string of the molecule is Cc1ccc(-c2nc(C)c(CC(C)CN)c(C)n2)cc1F. The molecule has 0 aliphatic carbocycles. The molecule has 0 saturated carbocycles. The first-order chi connectivity index (χ1) is 9.92. The highest BCUT2D eigenvalue weighted by Gasteiger charge is 2.13. The van der Waals surface area contributed by atoms with Gasteiger partial charge in [0.15, 0.2) is 5.82 Å². The molecule has 1 unspecified atom stereocenters. The van der Waals surface area contributed by atoms with Gasteiger partial charge in [0, 0.05) is 17.0 Å². The Labute approximate surface area is 125 Å². The summed E-state index contributed by atoms with van der Waals surface area (Å²) in [5.41, 5.74) is 10.1. The predicted molar refractivity (Wildman–Crippen MR) is 83.6 cm³/mol. The summed E-state index contributed by atoms with van der Waals surface area (Å²) >= 11 is 0. The number of benzene rings is 1. The molecule has 0 fully saturated rings. The molecule has 0 bridgehead atoms. The molecule has 1 aromatic heterocycles. The number of halogens is 1. The van der Waals surface area contributed by atoms with E-state index >= 15 is 0 Å². The van der Waals surface area contributed by atoms with Crippen molar-refractivity contribution in [3.05, 3.63) is 46.5 Å². The minimum Gasteiger partial charge on any atom is -0.330 e. The normalized spacial score (nSPS) is 12.5. The van der Waals surface area contributed by atoms with E-state index in [0.29, 0.717) is 29.4 Å². The summed E-state index contributed by atoms with van der Waals surface area (Å²) in [5.74, 6) is 0.744. The average Bonchev–Trinajstić information content (AvgIpc) is 2.45. The van der Waals surface area contributed by atoms with Gasteiger partial charge < -0.3 is 5.73 Å². The van der Waals surface area contributed by atoms with E-state index in [4.69, 9.17) is 5.73 Å². The highest BCUT2D eigenvalue weighted by atomic mass is 19.1. The lowest BCUT2D eigenvalue weighted by Crippen LogP contribution is -2.15. The van der Waals surface area contributed by atoms with Gasteiger partial charge in [0.1, 0.15) is 5.82 Å². The van der Waals surface area contributed by atoms with Crippen LogP contribution in [0.25, 0.3) is 11.4 Å². The number of aryl methyl sites for hydroxylation is 3. The standard InChI is InChI=1S/C17H22FN3/c1-10(9-19)7-15-12(3)20-17(21-13(15)4)14-6-5-11(2)16(18)8-14/h5-6,8,10H,7,9,19H2,1-4H3. The molecule has 2 rings (SSSR count). The van der Waals surface area contributed by atoms with Gasteiger partial charge in [0.25, 0.3) is 0 Å². The van der Waals surface area contributed by atoms with E-state index in [1.54, 1.807) is 13.0 Å². The molecule has 2 aromatic rings. The van der Waals surface area contributed by atoms with E-state index < -0.39 is 0 Å². The topological polar surface area (TPSA) is 51.8 Å². The molecule has 1 aromatic carbocycles. The smallest absolute Gasteiger partial charge is 0.159 e. The lowest BCUT2D eigenvalue weighted by Gasteiger charge is -2.14. The van der Waals surface area contributed by atoms with Gasteiger partial charge in [-0.15, -0.1) is 0 Å². The van der Waals surface area contributed by atoms with Gasteiger partial charge in [-0.25, -0.2) is 14.4 Å². The largest absolute Gasteiger partial charge is 0.330 e. The third kappa shape index (κ3) is 3.45. The van der Waals surface area contributed by atoms with Crippen LogP contribution in [0.3, 0.4) is 0 Å². The summed E-state index contributed by atoms with van der Waals surface area (Å²) in [4.78, 5) is 9.09. The Hall–Kier alpha value is -1.81. The van der Waals surface area contributed by atoms with Crippen LogP contribution in [-0.2, 0) is 6.42 Å². The molecule has 0 aliphatic heterocycles. The molecule has 0 aliphatic rings. The minimum absolute atomic E-state index is 0.229. The molecule has 0 spiro atoms. The van der Waals surface area contributed by atoms with Gasteiger partial charge in [-0.05, 0) is 56.8 Å². The Morgan fingerprint density at radius 3 is 2.29 bits per heavy atom. The molecule has 4 heteroatoms. The van der Waals surface area contributed by atoms with Crippen molar-refractivity contribution in [2.45, 2.75) is 34.1 Å². The quantitative estimate of drug-likeness (QED) is 0.938. The number of hydrogen-bond acceptors (Lipinski definition) is 3. The zero-order valence-corrected chi connectivity index (χ0v) is 13.1. The van der Waals surface area contributed by atoms with Gasteiger partial charge in [0.2, 0.25) is 0 Å². The Bertz CT molecular complexity index is 629. The number of rotatable bonds is 4. The first-order valence-electron chi connectivity index (χ1n) is 7.23. The van der Waals surface area contributed by atoms with Crippen molar-refractivity contribution < 1.29 is 4.39 Å². The number of nitrogens with zero attached hydrogens (tertiary/aromatic N) is 2. The third-order valence-electron chi connectivity index (χ3n) is 3.81. The van der Waals surface area contributed by atoms with E-state index in [9.17, 15) is 4.39 Å². The van der Waals surface area contributed by atoms with E-state index in [2.05, 4.69) is 16.9 Å². The number of hydrogen-bond donors (Lipinski definition) is 1. The summed E-state index contributed by atoms with van der Waals surface area (Å²) in [7, 11) is 0. The minimum atomic E-state index is -0.229. The van der Waals surface area contributed by atoms with Gasteiger partial charge in [0.05, 0.1) is 0 Å². The van der Waals surface area contributed by atoms with Crippen LogP contribution < -0.4 is 5.73 Å². The second kappa shape index (κ2) is 6.31. The van der Waals surface area contributed by atoms with Crippen molar-refractivity contribution in [3.63, 3.8) is 0 Å². The van der Waals surface area contributed by atoms with Crippen LogP contribution >= 0.6 is 0 Å². The van der Waals surface area contributed by atoms with Gasteiger partial charge >= 0.3 is 0 Å². The molecular formula is C17H22FN3. The molecule has 2 N–H and O–H groups in total.